The summed E-state index contributed by atoms with van der Waals surface area (Å²) in [6, 6.07) is 11.1. The number of carbonyl (C=O) groups excluding carboxylic acids is 4. The summed E-state index contributed by atoms with van der Waals surface area (Å²) >= 11 is 5.95. The summed E-state index contributed by atoms with van der Waals surface area (Å²) in [5, 5.41) is 2.88. The zero-order chi connectivity index (χ0) is 20.3. The highest BCUT2D eigenvalue weighted by Gasteiger charge is 2.34. The predicted molar refractivity (Wildman–Crippen MR) is 102 cm³/mol. The minimum absolute atomic E-state index is 0.101. The number of amides is 3. The number of imide groups is 1. The Hall–Kier alpha value is -3.19. The zero-order valence-corrected chi connectivity index (χ0v) is 15.8. The third-order valence-electron chi connectivity index (χ3n) is 4.32. The number of hydrogen-bond donors (Lipinski definition) is 1. The van der Waals surface area contributed by atoms with Crippen LogP contribution in [0.15, 0.2) is 42.5 Å². The van der Waals surface area contributed by atoms with E-state index in [1.54, 1.807) is 30.3 Å². The average molecular weight is 401 g/mol. The molecule has 0 saturated heterocycles. The smallest absolute Gasteiger partial charge is 0.339 e. The van der Waals surface area contributed by atoms with Crippen molar-refractivity contribution in [3.05, 3.63) is 64.2 Å². The summed E-state index contributed by atoms with van der Waals surface area (Å²) in [6.07, 6.45) is 0.415. The van der Waals surface area contributed by atoms with Gasteiger partial charge in [-0.2, -0.15) is 0 Å². The number of halogens is 1. The number of esters is 1. The van der Waals surface area contributed by atoms with Crippen molar-refractivity contribution in [3.8, 4) is 0 Å². The van der Waals surface area contributed by atoms with Crippen LogP contribution in [-0.2, 0) is 9.53 Å². The molecule has 0 aliphatic carbocycles. The van der Waals surface area contributed by atoms with E-state index in [0.717, 1.165) is 4.90 Å². The third-order valence-corrected chi connectivity index (χ3v) is 4.65. The van der Waals surface area contributed by atoms with Crippen LogP contribution >= 0.6 is 11.6 Å². The lowest BCUT2D eigenvalue weighted by atomic mass is 10.1. The third kappa shape index (κ3) is 3.89. The second-order valence-corrected chi connectivity index (χ2v) is 6.55. The maximum absolute atomic E-state index is 12.3. The van der Waals surface area contributed by atoms with Crippen LogP contribution in [0.3, 0.4) is 0 Å². The number of nitrogens with one attached hydrogen (secondary N) is 1. The van der Waals surface area contributed by atoms with E-state index >= 15 is 0 Å². The summed E-state index contributed by atoms with van der Waals surface area (Å²) in [4.78, 5) is 49.5. The van der Waals surface area contributed by atoms with Gasteiger partial charge in [-0.05, 0) is 36.8 Å². The van der Waals surface area contributed by atoms with Gasteiger partial charge in [0.15, 0.2) is 0 Å². The molecule has 8 heteroatoms. The number of rotatable bonds is 6. The van der Waals surface area contributed by atoms with E-state index in [2.05, 4.69) is 10.1 Å². The Balaban J connectivity index is 1.55. The van der Waals surface area contributed by atoms with Gasteiger partial charge in [0.05, 0.1) is 28.8 Å². The Bertz CT molecular complexity index is 938. The lowest BCUT2D eigenvalue weighted by molar-refractivity contribution is -0.116. The van der Waals surface area contributed by atoms with Gasteiger partial charge in [0.25, 0.3) is 11.8 Å². The normalized spacial score (nSPS) is 12.7. The largest absolute Gasteiger partial charge is 0.465 e. The Morgan fingerprint density at radius 3 is 2.32 bits per heavy atom. The first-order valence-corrected chi connectivity index (χ1v) is 8.93. The van der Waals surface area contributed by atoms with Gasteiger partial charge in [-0.15, -0.1) is 0 Å². The molecular weight excluding hydrogens is 384 g/mol. The fourth-order valence-corrected chi connectivity index (χ4v) is 3.13. The summed E-state index contributed by atoms with van der Waals surface area (Å²) in [5.74, 6) is -1.61. The van der Waals surface area contributed by atoms with E-state index in [4.69, 9.17) is 11.6 Å². The second kappa shape index (κ2) is 8.22. The Morgan fingerprint density at radius 1 is 1.07 bits per heavy atom. The van der Waals surface area contributed by atoms with Gasteiger partial charge in [0.1, 0.15) is 0 Å². The van der Waals surface area contributed by atoms with Gasteiger partial charge in [-0.25, -0.2) is 4.79 Å². The molecule has 0 fully saturated rings. The van der Waals surface area contributed by atoms with Crippen LogP contribution in [0.1, 0.15) is 43.9 Å². The monoisotopic (exact) mass is 400 g/mol. The van der Waals surface area contributed by atoms with Crippen LogP contribution in [0.4, 0.5) is 5.69 Å². The van der Waals surface area contributed by atoms with E-state index < -0.39 is 5.97 Å². The van der Waals surface area contributed by atoms with Crippen molar-refractivity contribution in [2.24, 2.45) is 0 Å². The Labute approximate surface area is 166 Å². The predicted octanol–water partition coefficient (Wildman–Crippen LogP) is 3.14. The molecule has 0 saturated carbocycles. The fourth-order valence-electron chi connectivity index (χ4n) is 2.93. The number of methoxy groups -OCH3 is 1. The van der Waals surface area contributed by atoms with Crippen LogP contribution in [-0.4, -0.2) is 42.2 Å². The number of anilines is 1. The Kier molecular flexibility index (Phi) is 5.75. The molecule has 0 spiro atoms. The van der Waals surface area contributed by atoms with Gasteiger partial charge in [0.2, 0.25) is 5.91 Å². The molecule has 0 aromatic heterocycles. The molecule has 3 amide bonds. The number of fused-ring (bicyclic) bond motifs is 1. The summed E-state index contributed by atoms with van der Waals surface area (Å²) in [5.41, 5.74) is 1.31. The minimum Gasteiger partial charge on any atom is -0.465 e. The molecule has 0 radical (unpaired) electrons. The van der Waals surface area contributed by atoms with E-state index in [1.807, 2.05) is 0 Å². The number of nitrogens with zero attached hydrogens (tertiary/aromatic N) is 1. The number of ether oxygens (including phenoxy) is 1. The van der Waals surface area contributed by atoms with Crippen LogP contribution < -0.4 is 5.32 Å². The number of benzene rings is 2. The molecule has 1 N–H and O–H groups in total. The first-order chi connectivity index (χ1) is 13.4. The van der Waals surface area contributed by atoms with E-state index in [1.165, 1.54) is 19.2 Å². The number of carbonyl (C=O) groups is 4. The van der Waals surface area contributed by atoms with Crippen molar-refractivity contribution >= 4 is 41.0 Å². The molecule has 28 heavy (non-hydrogen) atoms. The van der Waals surface area contributed by atoms with Crippen molar-refractivity contribution in [1.29, 1.82) is 0 Å². The van der Waals surface area contributed by atoms with Gasteiger partial charge in [-0.1, -0.05) is 23.7 Å². The molecule has 2 aromatic carbocycles. The maximum Gasteiger partial charge on any atom is 0.339 e. The molecule has 2 aromatic rings. The Morgan fingerprint density at radius 2 is 1.71 bits per heavy atom. The summed E-state index contributed by atoms with van der Waals surface area (Å²) in [7, 11) is 1.24. The average Bonchev–Trinajstić information content (AvgIpc) is 2.94. The van der Waals surface area contributed by atoms with E-state index in [0.29, 0.717) is 23.2 Å². The molecule has 1 aliphatic heterocycles. The van der Waals surface area contributed by atoms with Gasteiger partial charge >= 0.3 is 5.97 Å². The van der Waals surface area contributed by atoms with Crippen LogP contribution in [0.5, 0.6) is 0 Å². The lowest BCUT2D eigenvalue weighted by Gasteiger charge is -2.13. The van der Waals surface area contributed by atoms with Gasteiger partial charge in [0, 0.05) is 18.7 Å². The van der Waals surface area contributed by atoms with Crippen molar-refractivity contribution in [2.75, 3.05) is 19.0 Å². The molecule has 0 bridgehead atoms. The van der Waals surface area contributed by atoms with Crippen LogP contribution in [0.2, 0.25) is 5.02 Å². The molecule has 0 atom stereocenters. The fraction of sp³-hybridized carbons (Fsp3) is 0.200. The molecule has 1 heterocycles. The standard InChI is InChI=1S/C20H17ClN2O5/c1-28-20(27)15-11-12(8-9-16(15)21)22-17(24)7-4-10-23-18(25)13-5-2-3-6-14(13)19(23)26/h2-3,5-6,8-9,11H,4,7,10H2,1H3,(H,22,24). The lowest BCUT2D eigenvalue weighted by Crippen LogP contribution is -2.31. The zero-order valence-electron chi connectivity index (χ0n) is 15.0. The highest BCUT2D eigenvalue weighted by atomic mass is 35.5. The second-order valence-electron chi connectivity index (χ2n) is 6.15. The molecule has 1 aliphatic rings. The van der Waals surface area contributed by atoms with E-state index in [9.17, 15) is 19.2 Å². The maximum atomic E-state index is 12.3. The van der Waals surface area contributed by atoms with Crippen molar-refractivity contribution in [3.63, 3.8) is 0 Å². The first-order valence-electron chi connectivity index (χ1n) is 8.55. The highest BCUT2D eigenvalue weighted by molar-refractivity contribution is 6.33. The quantitative estimate of drug-likeness (QED) is 0.594. The first kappa shape index (κ1) is 19.6. The molecule has 144 valence electrons. The minimum atomic E-state index is -0.605. The molecule has 7 nitrogen and oxygen atoms in total. The molecular formula is C20H17ClN2O5. The topological polar surface area (TPSA) is 92.8 Å². The SMILES string of the molecule is COC(=O)c1cc(NC(=O)CCCN2C(=O)c3ccccc3C2=O)ccc1Cl. The van der Waals surface area contributed by atoms with Crippen molar-refractivity contribution in [2.45, 2.75) is 12.8 Å². The molecule has 3 rings (SSSR count). The van der Waals surface area contributed by atoms with Crippen LogP contribution in [0, 0.1) is 0 Å². The van der Waals surface area contributed by atoms with Gasteiger partial charge in [-0.3, -0.25) is 19.3 Å². The summed E-state index contributed by atoms with van der Waals surface area (Å²) in [6.45, 7) is 0.147. The van der Waals surface area contributed by atoms with E-state index in [-0.39, 0.29) is 41.3 Å². The molecule has 0 unspecified atom stereocenters. The van der Waals surface area contributed by atoms with Gasteiger partial charge < -0.3 is 10.1 Å². The van der Waals surface area contributed by atoms with Crippen molar-refractivity contribution < 1.29 is 23.9 Å². The highest BCUT2D eigenvalue weighted by Crippen LogP contribution is 2.23. The van der Waals surface area contributed by atoms with Crippen LogP contribution in [0.25, 0.3) is 0 Å². The number of hydrogen-bond acceptors (Lipinski definition) is 5. The summed E-state index contributed by atoms with van der Waals surface area (Å²) < 4.78 is 4.64. The van der Waals surface area contributed by atoms with Crippen molar-refractivity contribution in [1.82, 2.24) is 4.90 Å².